The van der Waals surface area contributed by atoms with E-state index in [1.807, 2.05) is 12.1 Å². The molecular formula is C15H14AgN5O2. The van der Waals surface area contributed by atoms with Crippen molar-refractivity contribution in [3.05, 3.63) is 63.2 Å². The number of benzene rings is 1. The number of aromatic amines is 2. The average Bonchev–Trinajstić information content (AvgIpc) is 2.88. The van der Waals surface area contributed by atoms with Crippen LogP contribution in [0.1, 0.15) is 21.5 Å². The fourth-order valence-corrected chi connectivity index (χ4v) is 2.42. The number of amides is 1. The van der Waals surface area contributed by atoms with E-state index in [4.69, 9.17) is 11.5 Å². The van der Waals surface area contributed by atoms with Gasteiger partial charge in [-0.05, 0) is 29.5 Å². The number of carbonyl (C=O) groups excluding carboxylic acids is 1. The topological polar surface area (TPSA) is 128 Å². The van der Waals surface area contributed by atoms with Crippen molar-refractivity contribution in [2.75, 3.05) is 5.73 Å². The molecule has 0 bridgehead atoms. The molecule has 8 heteroatoms. The van der Waals surface area contributed by atoms with Crippen LogP contribution in [0.5, 0.6) is 0 Å². The van der Waals surface area contributed by atoms with Crippen LogP contribution in [0.15, 0.2) is 35.3 Å². The van der Waals surface area contributed by atoms with Crippen molar-refractivity contribution in [1.82, 2.24) is 15.0 Å². The van der Waals surface area contributed by atoms with Gasteiger partial charge in [0.05, 0.1) is 11.3 Å². The second-order valence-corrected chi connectivity index (χ2v) is 5.01. The second kappa shape index (κ2) is 6.82. The first-order valence-corrected chi connectivity index (χ1v) is 6.75. The number of hydrogen-bond acceptors (Lipinski definition) is 4. The molecule has 3 rings (SSSR count). The van der Waals surface area contributed by atoms with Gasteiger partial charge in [0.15, 0.2) is 0 Å². The predicted octanol–water partition coefficient (Wildman–Crippen LogP) is 1.81. The third-order valence-electron chi connectivity index (χ3n) is 3.54. The Labute approximate surface area is 147 Å². The van der Waals surface area contributed by atoms with Gasteiger partial charge in [-0.25, -0.2) is 0 Å². The summed E-state index contributed by atoms with van der Waals surface area (Å²) >= 11 is 0. The molecule has 2 aromatic heterocycles. The Morgan fingerprint density at radius 1 is 1.22 bits per heavy atom. The van der Waals surface area contributed by atoms with E-state index in [1.165, 1.54) is 0 Å². The molecule has 0 aliphatic heterocycles. The van der Waals surface area contributed by atoms with Gasteiger partial charge in [0.1, 0.15) is 5.65 Å². The van der Waals surface area contributed by atoms with Crippen molar-refractivity contribution in [3.8, 4) is 0 Å². The number of fused-ring (bicyclic) bond motifs is 1. The second-order valence-electron chi connectivity index (χ2n) is 5.01. The van der Waals surface area contributed by atoms with Crippen LogP contribution in [0.4, 0.5) is 5.95 Å². The van der Waals surface area contributed by atoms with Gasteiger partial charge in [-0.15, -0.1) is 0 Å². The van der Waals surface area contributed by atoms with Crippen molar-refractivity contribution >= 4 is 22.9 Å². The molecule has 23 heavy (non-hydrogen) atoms. The minimum atomic E-state index is -0.696. The zero-order chi connectivity index (χ0) is 15.7. The van der Waals surface area contributed by atoms with Crippen LogP contribution in [0.2, 0.25) is 0 Å². The van der Waals surface area contributed by atoms with E-state index in [9.17, 15) is 9.59 Å². The van der Waals surface area contributed by atoms with E-state index in [0.717, 1.165) is 11.1 Å². The van der Waals surface area contributed by atoms with Crippen molar-refractivity contribution < 1.29 is 27.2 Å². The molecule has 7 nitrogen and oxygen atoms in total. The number of nitrogens with one attached hydrogen (secondary N) is 3. The SMILES string of the molecule is [Ag+].[NH-]C(=O)c1ccc(CCc2c[nH]c3nc(N)[nH]c(=O)c23)cc1. The zero-order valence-corrected chi connectivity index (χ0v) is 13.4. The van der Waals surface area contributed by atoms with E-state index in [0.29, 0.717) is 29.4 Å². The number of carbonyl (C=O) groups is 1. The number of anilines is 1. The van der Waals surface area contributed by atoms with E-state index < -0.39 is 5.91 Å². The average molecular weight is 404 g/mol. The number of nitrogens with zero attached hydrogens (tertiary/aromatic N) is 1. The Bertz CT molecular complexity index is 898. The third kappa shape index (κ3) is 3.53. The third-order valence-corrected chi connectivity index (χ3v) is 3.54. The molecule has 0 aliphatic rings. The molecule has 5 N–H and O–H groups in total. The number of aromatic nitrogens is 3. The Kier molecular flexibility index (Phi) is 5.05. The molecule has 0 saturated heterocycles. The number of rotatable bonds is 4. The van der Waals surface area contributed by atoms with Crippen LogP contribution in [0.3, 0.4) is 0 Å². The van der Waals surface area contributed by atoms with Crippen LogP contribution in [0.25, 0.3) is 16.8 Å². The van der Waals surface area contributed by atoms with Gasteiger partial charge in [0.2, 0.25) is 5.95 Å². The van der Waals surface area contributed by atoms with Crippen LogP contribution < -0.4 is 11.3 Å². The number of aryl methyl sites for hydroxylation is 2. The van der Waals surface area contributed by atoms with Crippen LogP contribution in [-0.2, 0) is 35.2 Å². The van der Waals surface area contributed by atoms with Crippen molar-refractivity contribution in [2.24, 2.45) is 0 Å². The molecule has 0 spiro atoms. The van der Waals surface area contributed by atoms with Crippen molar-refractivity contribution in [3.63, 3.8) is 0 Å². The minimum Gasteiger partial charge on any atom is -0.664 e. The Balaban J connectivity index is 0.00000192. The van der Waals surface area contributed by atoms with Gasteiger partial charge < -0.3 is 21.2 Å². The summed E-state index contributed by atoms with van der Waals surface area (Å²) < 4.78 is 0. The maximum atomic E-state index is 12.0. The Hall–Kier alpha value is -2.35. The molecule has 122 valence electrons. The van der Waals surface area contributed by atoms with E-state index >= 15 is 0 Å². The molecule has 0 saturated carbocycles. The molecule has 0 radical (unpaired) electrons. The Morgan fingerprint density at radius 3 is 2.57 bits per heavy atom. The molecule has 1 amide bonds. The number of nitrogens with two attached hydrogens (primary N) is 1. The van der Waals surface area contributed by atoms with E-state index in [1.54, 1.807) is 18.3 Å². The fraction of sp³-hybridized carbons (Fsp3) is 0.133. The molecule has 3 aromatic rings. The summed E-state index contributed by atoms with van der Waals surface area (Å²) in [6.45, 7) is 0. The van der Waals surface area contributed by atoms with Gasteiger partial charge in [-0.3, -0.25) is 9.78 Å². The van der Waals surface area contributed by atoms with Gasteiger partial charge in [-0.2, -0.15) is 4.98 Å². The zero-order valence-electron chi connectivity index (χ0n) is 11.9. The quantitative estimate of drug-likeness (QED) is 0.573. The fourth-order valence-electron chi connectivity index (χ4n) is 2.42. The number of nitrogen functional groups attached to an aromatic ring is 1. The molecule has 2 heterocycles. The van der Waals surface area contributed by atoms with Crippen LogP contribution in [0, 0.1) is 0 Å². The van der Waals surface area contributed by atoms with Gasteiger partial charge in [-0.1, -0.05) is 24.3 Å². The van der Waals surface area contributed by atoms with Gasteiger partial charge >= 0.3 is 22.4 Å². The first-order chi connectivity index (χ1) is 10.5. The minimum absolute atomic E-state index is 0. The van der Waals surface area contributed by atoms with Crippen molar-refractivity contribution in [1.29, 1.82) is 0 Å². The molecular weight excluding hydrogens is 390 g/mol. The molecule has 0 atom stereocenters. The van der Waals surface area contributed by atoms with E-state index in [2.05, 4.69) is 15.0 Å². The molecule has 0 unspecified atom stereocenters. The molecule has 0 aliphatic carbocycles. The van der Waals surface area contributed by atoms with E-state index in [-0.39, 0.29) is 33.9 Å². The molecule has 0 fully saturated rings. The van der Waals surface area contributed by atoms with Crippen LogP contribution >= 0.6 is 0 Å². The normalized spacial score (nSPS) is 10.4. The monoisotopic (exact) mass is 403 g/mol. The van der Waals surface area contributed by atoms with Crippen molar-refractivity contribution in [2.45, 2.75) is 12.8 Å². The maximum Gasteiger partial charge on any atom is 1.00 e. The summed E-state index contributed by atoms with van der Waals surface area (Å²) in [4.78, 5) is 32.4. The standard InChI is InChI=1S/C15H15N5O2.Ag/c16-12(21)9-4-1-8(2-5-9)3-6-10-7-18-13-11(10)14(22)20-15(17)19-13;/h1-2,4-5,7H,3,6H2,(H6,16,17,18,19,20,21,22);/q;+1/p-1. The summed E-state index contributed by atoms with van der Waals surface area (Å²) in [7, 11) is 0. The van der Waals surface area contributed by atoms with Crippen LogP contribution in [-0.4, -0.2) is 20.9 Å². The first-order valence-electron chi connectivity index (χ1n) is 6.75. The summed E-state index contributed by atoms with van der Waals surface area (Å²) in [6, 6.07) is 6.90. The van der Waals surface area contributed by atoms with Gasteiger partial charge in [0, 0.05) is 6.20 Å². The summed E-state index contributed by atoms with van der Waals surface area (Å²) in [6.07, 6.45) is 3.13. The number of H-pyrrole nitrogens is 2. The first kappa shape index (κ1) is 17.0. The smallest absolute Gasteiger partial charge is 0.664 e. The molecule has 1 aromatic carbocycles. The summed E-state index contributed by atoms with van der Waals surface area (Å²) in [5, 5.41) is 0.521. The van der Waals surface area contributed by atoms with Gasteiger partial charge in [0.25, 0.3) is 5.56 Å². The largest absolute Gasteiger partial charge is 1.00 e. The summed E-state index contributed by atoms with van der Waals surface area (Å²) in [5.74, 6) is -0.611. The Morgan fingerprint density at radius 2 is 1.91 bits per heavy atom. The predicted molar refractivity (Wildman–Crippen MR) is 83.6 cm³/mol. The number of hydrogen-bond donors (Lipinski definition) is 3. The summed E-state index contributed by atoms with van der Waals surface area (Å²) in [5.41, 5.74) is 15.0. The maximum absolute atomic E-state index is 12.0.